The van der Waals surface area contributed by atoms with E-state index < -0.39 is 23.5 Å². The van der Waals surface area contributed by atoms with Crippen molar-refractivity contribution in [2.24, 2.45) is 0 Å². The number of aromatic nitrogens is 3. The molecule has 35 heavy (non-hydrogen) atoms. The van der Waals surface area contributed by atoms with Gasteiger partial charge in [0.2, 0.25) is 5.88 Å². The third-order valence-electron chi connectivity index (χ3n) is 5.43. The Hall–Kier alpha value is -4.12. The van der Waals surface area contributed by atoms with Gasteiger partial charge in [-0.05, 0) is 35.9 Å². The summed E-state index contributed by atoms with van der Waals surface area (Å²) in [5, 5.41) is 2.01. The number of pyridine rings is 2. The van der Waals surface area contributed by atoms with E-state index in [2.05, 4.69) is 9.97 Å². The number of imidazole rings is 1. The second-order valence-electron chi connectivity index (χ2n) is 7.43. The van der Waals surface area contributed by atoms with Crippen molar-refractivity contribution in [1.29, 1.82) is 0 Å². The van der Waals surface area contributed by atoms with E-state index >= 15 is 0 Å². The van der Waals surface area contributed by atoms with Gasteiger partial charge in [0.25, 0.3) is 11.6 Å². The second kappa shape index (κ2) is 9.26. The highest BCUT2D eigenvalue weighted by molar-refractivity contribution is 5.94. The Kier molecular flexibility index (Phi) is 6.35. The molecule has 182 valence electrons. The topological polar surface area (TPSA) is 87.0 Å². The number of halogens is 3. The lowest BCUT2D eigenvalue weighted by molar-refractivity contribution is -0.287. The summed E-state index contributed by atoms with van der Waals surface area (Å²) >= 11 is 0. The standard InChI is InChI=1S/C24H21F3N4O4/c1-33-18-11-17(13-28-14-18)16-9-10-31-19(12-16)29-22(34-2)20(31)23(35-3,24(25,26)27)30-21(32)15-7-5-4-6-8-15/h4-14H,1-3H3,(H,30,32). The molecule has 1 N–H and O–H groups in total. The lowest BCUT2D eigenvalue weighted by Crippen LogP contribution is -2.58. The lowest BCUT2D eigenvalue weighted by atomic mass is 10.1. The molecule has 1 unspecified atom stereocenters. The summed E-state index contributed by atoms with van der Waals surface area (Å²) in [6.45, 7) is 0. The van der Waals surface area contributed by atoms with Crippen molar-refractivity contribution in [3.8, 4) is 22.8 Å². The van der Waals surface area contributed by atoms with Crippen molar-refractivity contribution in [3.63, 3.8) is 0 Å². The minimum atomic E-state index is -5.08. The smallest absolute Gasteiger partial charge is 0.443 e. The Balaban J connectivity index is 1.88. The first-order valence-electron chi connectivity index (χ1n) is 10.3. The van der Waals surface area contributed by atoms with Gasteiger partial charge in [-0.1, -0.05) is 18.2 Å². The molecule has 0 aliphatic heterocycles. The number of methoxy groups -OCH3 is 3. The van der Waals surface area contributed by atoms with E-state index in [0.717, 1.165) is 11.5 Å². The number of hydrogen-bond donors (Lipinski definition) is 1. The summed E-state index contributed by atoms with van der Waals surface area (Å²) in [6.07, 6.45) is -0.566. The van der Waals surface area contributed by atoms with Crippen LogP contribution in [0.15, 0.2) is 67.1 Å². The molecule has 1 aromatic carbocycles. The Morgan fingerprint density at radius 2 is 1.71 bits per heavy atom. The molecule has 0 fully saturated rings. The minimum absolute atomic E-state index is 0.0266. The van der Waals surface area contributed by atoms with Crippen molar-refractivity contribution >= 4 is 11.6 Å². The summed E-state index contributed by atoms with van der Waals surface area (Å²) in [5.74, 6) is -0.831. The zero-order chi connectivity index (χ0) is 25.2. The van der Waals surface area contributed by atoms with E-state index in [-0.39, 0.29) is 17.1 Å². The number of alkyl halides is 3. The molecule has 0 saturated heterocycles. The molecule has 1 amide bonds. The predicted octanol–water partition coefficient (Wildman–Crippen LogP) is 4.21. The first-order valence-corrected chi connectivity index (χ1v) is 10.3. The zero-order valence-electron chi connectivity index (χ0n) is 19.0. The third kappa shape index (κ3) is 4.26. The molecule has 4 rings (SSSR count). The normalized spacial score (nSPS) is 13.3. The summed E-state index contributed by atoms with van der Waals surface area (Å²) in [4.78, 5) is 21.1. The molecular weight excluding hydrogens is 465 g/mol. The number of fused-ring (bicyclic) bond motifs is 1. The van der Waals surface area contributed by atoms with E-state index in [0.29, 0.717) is 16.9 Å². The average Bonchev–Trinajstić information content (AvgIpc) is 3.25. The highest BCUT2D eigenvalue weighted by atomic mass is 19.4. The number of ether oxygens (including phenoxy) is 3. The van der Waals surface area contributed by atoms with Gasteiger partial charge in [-0.2, -0.15) is 18.2 Å². The number of nitrogens with one attached hydrogen (secondary N) is 1. The van der Waals surface area contributed by atoms with Gasteiger partial charge in [0, 0.05) is 30.6 Å². The number of amides is 1. The van der Waals surface area contributed by atoms with Gasteiger partial charge < -0.3 is 19.5 Å². The van der Waals surface area contributed by atoms with Gasteiger partial charge in [-0.25, -0.2) is 0 Å². The molecule has 0 aliphatic rings. The van der Waals surface area contributed by atoms with Crippen LogP contribution >= 0.6 is 0 Å². The van der Waals surface area contributed by atoms with Crippen LogP contribution in [0.4, 0.5) is 13.2 Å². The maximum absolute atomic E-state index is 14.6. The number of rotatable bonds is 7. The third-order valence-corrected chi connectivity index (χ3v) is 5.43. The fourth-order valence-electron chi connectivity index (χ4n) is 3.70. The Labute approximate surface area is 198 Å². The lowest BCUT2D eigenvalue weighted by Gasteiger charge is -2.34. The predicted molar refractivity (Wildman–Crippen MR) is 120 cm³/mol. The molecule has 4 aromatic rings. The fraction of sp³-hybridized carbons (Fsp3) is 0.208. The highest BCUT2D eigenvalue weighted by Crippen LogP contribution is 2.44. The van der Waals surface area contributed by atoms with Crippen molar-refractivity contribution in [3.05, 3.63) is 78.4 Å². The summed E-state index contributed by atoms with van der Waals surface area (Å²) < 4.78 is 60.5. The summed E-state index contributed by atoms with van der Waals surface area (Å²) in [7, 11) is 3.54. The second-order valence-corrected chi connectivity index (χ2v) is 7.43. The SMILES string of the molecule is COc1cncc(-c2ccn3c(C(NC(=O)c4ccccc4)(OC)C(F)(F)F)c(OC)nc3c2)c1. The van der Waals surface area contributed by atoms with Crippen LogP contribution in [0, 0.1) is 0 Å². The van der Waals surface area contributed by atoms with Crippen LogP contribution in [0.1, 0.15) is 16.1 Å². The number of nitrogens with zero attached hydrogens (tertiary/aromatic N) is 3. The first kappa shape index (κ1) is 24.0. The van der Waals surface area contributed by atoms with E-state index in [4.69, 9.17) is 14.2 Å². The van der Waals surface area contributed by atoms with Gasteiger partial charge in [-0.3, -0.25) is 14.2 Å². The van der Waals surface area contributed by atoms with Crippen LogP contribution in [-0.4, -0.2) is 47.8 Å². The minimum Gasteiger partial charge on any atom is -0.495 e. The van der Waals surface area contributed by atoms with Crippen LogP contribution in [-0.2, 0) is 10.5 Å². The van der Waals surface area contributed by atoms with Crippen LogP contribution in [0.25, 0.3) is 16.8 Å². The number of carbonyl (C=O) groups excluding carboxylic acids is 1. The van der Waals surface area contributed by atoms with Gasteiger partial charge in [-0.15, -0.1) is 0 Å². The van der Waals surface area contributed by atoms with E-state index in [1.165, 1.54) is 38.7 Å². The number of benzene rings is 1. The molecule has 0 bridgehead atoms. The molecule has 3 heterocycles. The molecule has 0 aliphatic carbocycles. The van der Waals surface area contributed by atoms with Crippen LogP contribution in [0.2, 0.25) is 0 Å². The van der Waals surface area contributed by atoms with Crippen molar-refractivity contribution < 1.29 is 32.2 Å². The van der Waals surface area contributed by atoms with Crippen molar-refractivity contribution in [2.45, 2.75) is 11.9 Å². The summed E-state index contributed by atoms with van der Waals surface area (Å²) in [6, 6.07) is 12.4. The molecular formula is C24H21F3N4O4. The largest absolute Gasteiger partial charge is 0.495 e. The zero-order valence-corrected chi connectivity index (χ0v) is 19.0. The molecule has 0 radical (unpaired) electrons. The Morgan fingerprint density at radius 1 is 0.971 bits per heavy atom. The van der Waals surface area contributed by atoms with Crippen molar-refractivity contribution in [1.82, 2.24) is 19.7 Å². The van der Waals surface area contributed by atoms with E-state index in [9.17, 15) is 18.0 Å². The maximum Gasteiger partial charge on any atom is 0.443 e. The summed E-state index contributed by atoms with van der Waals surface area (Å²) in [5.41, 5.74) is -2.34. The average molecular weight is 486 g/mol. The molecule has 3 aromatic heterocycles. The first-order chi connectivity index (χ1) is 16.7. The molecule has 11 heteroatoms. The molecule has 0 spiro atoms. The number of carbonyl (C=O) groups is 1. The molecule has 1 atom stereocenters. The van der Waals surface area contributed by atoms with E-state index in [1.54, 1.807) is 42.6 Å². The molecule has 0 saturated carbocycles. The van der Waals surface area contributed by atoms with Gasteiger partial charge >= 0.3 is 6.18 Å². The Bertz CT molecular complexity index is 1360. The van der Waals surface area contributed by atoms with Crippen LogP contribution in [0.5, 0.6) is 11.6 Å². The monoisotopic (exact) mass is 486 g/mol. The fourth-order valence-corrected chi connectivity index (χ4v) is 3.70. The van der Waals surface area contributed by atoms with Gasteiger partial charge in [0.15, 0.2) is 0 Å². The van der Waals surface area contributed by atoms with Gasteiger partial charge in [0.05, 0.1) is 20.4 Å². The quantitative estimate of drug-likeness (QED) is 0.394. The Morgan fingerprint density at radius 3 is 2.34 bits per heavy atom. The van der Waals surface area contributed by atoms with Crippen LogP contribution < -0.4 is 14.8 Å². The van der Waals surface area contributed by atoms with Crippen LogP contribution in [0.3, 0.4) is 0 Å². The molecule has 8 nitrogen and oxygen atoms in total. The highest BCUT2D eigenvalue weighted by Gasteiger charge is 2.62. The van der Waals surface area contributed by atoms with Crippen molar-refractivity contribution in [2.75, 3.05) is 21.3 Å². The van der Waals surface area contributed by atoms with Gasteiger partial charge in [0.1, 0.15) is 17.1 Å². The van der Waals surface area contributed by atoms with E-state index in [1.807, 2.05) is 5.32 Å². The maximum atomic E-state index is 14.6. The number of hydrogen-bond acceptors (Lipinski definition) is 6.